The van der Waals surface area contributed by atoms with Crippen molar-refractivity contribution in [1.82, 2.24) is 10.6 Å². The highest BCUT2D eigenvalue weighted by molar-refractivity contribution is 5.87. The number of aliphatic carboxylic acids is 1. The highest BCUT2D eigenvalue weighted by atomic mass is 16.5. The average Bonchev–Trinajstić information content (AvgIpc) is 3.18. The van der Waals surface area contributed by atoms with Crippen molar-refractivity contribution in [1.29, 1.82) is 0 Å². The van der Waals surface area contributed by atoms with Gasteiger partial charge in [0.1, 0.15) is 12.1 Å². The van der Waals surface area contributed by atoms with Gasteiger partial charge in [0, 0.05) is 12.8 Å². The molecule has 0 aliphatic carbocycles. The predicted molar refractivity (Wildman–Crippen MR) is 232 cm³/mol. The van der Waals surface area contributed by atoms with E-state index >= 15 is 0 Å². The lowest BCUT2D eigenvalue weighted by molar-refractivity contribution is -0.150. The van der Waals surface area contributed by atoms with E-state index in [0.717, 1.165) is 64.2 Å². The molecule has 0 radical (unpaired) electrons. The van der Waals surface area contributed by atoms with Crippen LogP contribution in [0.25, 0.3) is 0 Å². The number of carbonyl (C=O) groups excluding carboxylic acids is 3. The molecule has 9 nitrogen and oxygen atoms in total. The lowest BCUT2D eigenvalue weighted by Gasteiger charge is -2.18. The standard InChI is InChI=1S/C47H86N2O7/c1-3-5-7-9-11-13-14-15-16-17-18-19-20-21-22-24-26-31-35-39-46(53)56-42(36-32-28-25-23-12-10-8-6-4-2)37-33-29-27-30-34-38-44(51)48-40-45(52)49-43(41-50)47(54)55/h11,13,15-16,42-43,50H,3-10,12,14,17-41H2,1-2H3,(H,48,51)(H,49,52)(H,54,55)/b13-11-,16-15-. The minimum absolute atomic E-state index is 0.0109. The first kappa shape index (κ1) is 53.3. The second-order valence-electron chi connectivity index (χ2n) is 15.8. The number of hydrogen-bond acceptors (Lipinski definition) is 6. The van der Waals surface area contributed by atoms with Crippen LogP contribution in [0, 0.1) is 0 Å². The first-order chi connectivity index (χ1) is 27.3. The molecule has 0 bridgehead atoms. The smallest absolute Gasteiger partial charge is 0.328 e. The van der Waals surface area contributed by atoms with Crippen molar-refractivity contribution in [3.8, 4) is 0 Å². The SMILES string of the molecule is CCCCC/C=C\C/C=C\CCCCCCCCCCCC(=O)OC(CCCCCCCCCCC)CCCCCCCC(=O)NCC(=O)NC(CO)C(=O)O. The van der Waals surface area contributed by atoms with Crippen LogP contribution in [0.15, 0.2) is 24.3 Å². The quantitative estimate of drug-likeness (QED) is 0.0274. The van der Waals surface area contributed by atoms with Crippen molar-refractivity contribution in [3.63, 3.8) is 0 Å². The molecule has 0 spiro atoms. The van der Waals surface area contributed by atoms with E-state index in [2.05, 4.69) is 48.8 Å². The van der Waals surface area contributed by atoms with Crippen LogP contribution >= 0.6 is 0 Å². The van der Waals surface area contributed by atoms with Crippen LogP contribution in [0.5, 0.6) is 0 Å². The summed E-state index contributed by atoms with van der Waals surface area (Å²) >= 11 is 0. The Balaban J connectivity index is 4.18. The minimum atomic E-state index is -1.38. The van der Waals surface area contributed by atoms with E-state index in [4.69, 9.17) is 14.9 Å². The number of ether oxygens (including phenoxy) is 1. The fourth-order valence-electron chi connectivity index (χ4n) is 6.86. The molecule has 2 atom stereocenters. The molecule has 2 unspecified atom stereocenters. The van der Waals surface area contributed by atoms with Crippen LogP contribution < -0.4 is 10.6 Å². The molecule has 0 fully saturated rings. The molecule has 0 aromatic heterocycles. The molecule has 326 valence electrons. The van der Waals surface area contributed by atoms with Gasteiger partial charge in [-0.1, -0.05) is 167 Å². The fraction of sp³-hybridized carbons (Fsp3) is 0.830. The maximum absolute atomic E-state index is 12.8. The van der Waals surface area contributed by atoms with Crippen molar-refractivity contribution in [2.24, 2.45) is 0 Å². The Labute approximate surface area is 343 Å². The van der Waals surface area contributed by atoms with Gasteiger partial charge in [-0.25, -0.2) is 4.79 Å². The first-order valence-corrected chi connectivity index (χ1v) is 23.2. The fourth-order valence-corrected chi connectivity index (χ4v) is 6.86. The summed E-state index contributed by atoms with van der Waals surface area (Å²) in [7, 11) is 0. The summed E-state index contributed by atoms with van der Waals surface area (Å²) in [6.45, 7) is 3.46. The molecule has 0 aliphatic rings. The maximum atomic E-state index is 12.8. The van der Waals surface area contributed by atoms with Gasteiger partial charge in [0.25, 0.3) is 0 Å². The number of aliphatic hydroxyl groups is 1. The van der Waals surface area contributed by atoms with Gasteiger partial charge in [-0.3, -0.25) is 14.4 Å². The highest BCUT2D eigenvalue weighted by Crippen LogP contribution is 2.19. The third-order valence-electron chi connectivity index (χ3n) is 10.5. The minimum Gasteiger partial charge on any atom is -0.480 e. The first-order valence-electron chi connectivity index (χ1n) is 23.2. The Morgan fingerprint density at radius 1 is 0.536 bits per heavy atom. The summed E-state index contributed by atoms with van der Waals surface area (Å²) < 4.78 is 6.03. The highest BCUT2D eigenvalue weighted by Gasteiger charge is 2.19. The normalized spacial score (nSPS) is 12.6. The number of rotatable bonds is 42. The van der Waals surface area contributed by atoms with E-state index in [-0.39, 0.29) is 24.5 Å². The number of carboxylic acid groups (broad SMARTS) is 1. The number of carboxylic acids is 1. The van der Waals surface area contributed by atoms with E-state index in [1.165, 1.54) is 128 Å². The Morgan fingerprint density at radius 3 is 1.46 bits per heavy atom. The molecule has 0 saturated heterocycles. The van der Waals surface area contributed by atoms with Gasteiger partial charge in [-0.15, -0.1) is 0 Å². The van der Waals surface area contributed by atoms with Gasteiger partial charge in [-0.05, 0) is 70.6 Å². The summed E-state index contributed by atoms with van der Waals surface area (Å²) in [5, 5.41) is 22.6. The molecule has 0 saturated carbocycles. The summed E-state index contributed by atoms with van der Waals surface area (Å²) in [6, 6.07) is -1.38. The Kier molecular flexibility index (Phi) is 39.9. The molecule has 56 heavy (non-hydrogen) atoms. The molecule has 0 aromatic carbocycles. The number of esters is 1. The van der Waals surface area contributed by atoms with Crippen LogP contribution in [0.3, 0.4) is 0 Å². The zero-order valence-electron chi connectivity index (χ0n) is 36.1. The van der Waals surface area contributed by atoms with Gasteiger partial charge in [0.15, 0.2) is 0 Å². The van der Waals surface area contributed by atoms with Crippen LogP contribution in [0.1, 0.15) is 226 Å². The molecule has 0 aliphatic heterocycles. The molecule has 2 amide bonds. The van der Waals surface area contributed by atoms with Crippen LogP contribution in [-0.4, -0.2) is 59.3 Å². The number of amides is 2. The topological polar surface area (TPSA) is 142 Å². The van der Waals surface area contributed by atoms with Crippen molar-refractivity contribution in [2.45, 2.75) is 238 Å². The molecule has 0 aromatic rings. The second kappa shape index (κ2) is 41.9. The second-order valence-corrected chi connectivity index (χ2v) is 15.8. The van der Waals surface area contributed by atoms with Gasteiger partial charge >= 0.3 is 11.9 Å². The monoisotopic (exact) mass is 791 g/mol. The zero-order chi connectivity index (χ0) is 41.2. The number of nitrogens with one attached hydrogen (secondary N) is 2. The Bertz CT molecular complexity index is 999. The summed E-state index contributed by atoms with van der Waals surface area (Å²) in [5.74, 6) is -2.29. The summed E-state index contributed by atoms with van der Waals surface area (Å²) in [5.41, 5.74) is 0. The molecular weight excluding hydrogens is 705 g/mol. The van der Waals surface area contributed by atoms with E-state index in [0.29, 0.717) is 19.3 Å². The van der Waals surface area contributed by atoms with E-state index in [9.17, 15) is 19.2 Å². The largest absolute Gasteiger partial charge is 0.480 e. The van der Waals surface area contributed by atoms with Crippen LogP contribution in [0.2, 0.25) is 0 Å². The van der Waals surface area contributed by atoms with Crippen molar-refractivity contribution in [3.05, 3.63) is 24.3 Å². The van der Waals surface area contributed by atoms with Crippen LogP contribution in [-0.2, 0) is 23.9 Å². The molecule has 9 heteroatoms. The van der Waals surface area contributed by atoms with Gasteiger partial charge in [0.05, 0.1) is 13.2 Å². The maximum Gasteiger partial charge on any atom is 0.328 e. The molecule has 0 heterocycles. The average molecular weight is 791 g/mol. The third-order valence-corrected chi connectivity index (χ3v) is 10.5. The van der Waals surface area contributed by atoms with E-state index in [1.807, 2.05) is 0 Å². The van der Waals surface area contributed by atoms with Crippen molar-refractivity contribution in [2.75, 3.05) is 13.2 Å². The van der Waals surface area contributed by atoms with E-state index < -0.39 is 24.5 Å². The number of carbonyl (C=O) groups is 4. The lowest BCUT2D eigenvalue weighted by atomic mass is 10.0. The molecule has 4 N–H and O–H groups in total. The van der Waals surface area contributed by atoms with Gasteiger partial charge in [-0.2, -0.15) is 0 Å². The van der Waals surface area contributed by atoms with Crippen molar-refractivity contribution >= 4 is 23.8 Å². The van der Waals surface area contributed by atoms with E-state index in [1.54, 1.807) is 0 Å². The van der Waals surface area contributed by atoms with Crippen LogP contribution in [0.4, 0.5) is 0 Å². The number of aliphatic hydroxyl groups excluding tert-OH is 1. The molecular formula is C47H86N2O7. The van der Waals surface area contributed by atoms with Gasteiger partial charge < -0.3 is 25.6 Å². The number of hydrogen-bond donors (Lipinski definition) is 4. The third kappa shape index (κ3) is 38.2. The number of allylic oxidation sites excluding steroid dienone is 4. The predicted octanol–water partition coefficient (Wildman–Crippen LogP) is 11.6. The summed E-state index contributed by atoms with van der Waals surface area (Å²) in [4.78, 5) is 47.6. The molecule has 0 rings (SSSR count). The summed E-state index contributed by atoms with van der Waals surface area (Å²) in [6.07, 6.45) is 46.4. The van der Waals surface area contributed by atoms with Gasteiger partial charge in [0.2, 0.25) is 11.8 Å². The Morgan fingerprint density at radius 2 is 0.964 bits per heavy atom. The number of unbranched alkanes of at least 4 members (excludes halogenated alkanes) is 24. The zero-order valence-corrected chi connectivity index (χ0v) is 36.1. The van der Waals surface area contributed by atoms with Crippen molar-refractivity contribution < 1.29 is 34.1 Å². The lowest BCUT2D eigenvalue weighted by Crippen LogP contribution is -2.47. The Hall–Kier alpha value is -2.68.